The highest BCUT2D eigenvalue weighted by molar-refractivity contribution is 5.99. The lowest BCUT2D eigenvalue weighted by Crippen LogP contribution is -2.38. The fourth-order valence-electron chi connectivity index (χ4n) is 4.81. The number of nitrogen functional groups attached to an aromatic ring is 1. The first kappa shape index (κ1) is 39.4. The summed E-state index contributed by atoms with van der Waals surface area (Å²) < 4.78 is 51.6. The number of rotatable bonds is 12. The summed E-state index contributed by atoms with van der Waals surface area (Å²) in [4.78, 5) is 12.0. The standard InChI is InChI=1S/C20H21FN2.C16H18F3N3O.C2H6/c1-14-11-18(7-8-19(14)21)20(23,10-9-15-5-6-15)17-4-2-3-16(12-17)13-22;1-3-5-14(23)13(8-10(2)16(17,18)19)22-12-7-4-6-11(9-12)15(20)21;1-2/h2-4,7-8,11-12,15H,5-6,9-10,23H2,1H3;4,6-9,22H,2-3,5H2,1H3,(H3,20,21);1-2H3/b;13-8-;. The van der Waals surface area contributed by atoms with E-state index >= 15 is 0 Å². The van der Waals surface area contributed by atoms with Gasteiger partial charge in [-0.1, -0.05) is 76.6 Å². The van der Waals surface area contributed by atoms with Gasteiger partial charge < -0.3 is 16.8 Å². The summed E-state index contributed by atoms with van der Waals surface area (Å²) in [7, 11) is 0. The summed E-state index contributed by atoms with van der Waals surface area (Å²) in [6.07, 6.45) is 1.11. The number of ketones is 1. The third kappa shape index (κ3) is 11.5. The van der Waals surface area contributed by atoms with Crippen LogP contribution in [0.4, 0.5) is 23.2 Å². The molecule has 256 valence electrons. The molecule has 0 amide bonds. The third-order valence-corrected chi connectivity index (χ3v) is 7.74. The molecule has 0 aromatic heterocycles. The highest BCUT2D eigenvalue weighted by Gasteiger charge is 2.33. The van der Waals surface area contributed by atoms with Gasteiger partial charge in [0.1, 0.15) is 11.7 Å². The number of nitrogens with two attached hydrogens (primary N) is 2. The fourth-order valence-corrected chi connectivity index (χ4v) is 4.81. The van der Waals surface area contributed by atoms with E-state index < -0.39 is 23.1 Å². The molecular formula is C38H45F4N5O. The monoisotopic (exact) mass is 663 g/mol. The molecule has 0 saturated heterocycles. The van der Waals surface area contributed by atoms with Crippen LogP contribution < -0.4 is 16.8 Å². The zero-order valence-electron chi connectivity index (χ0n) is 28.0. The van der Waals surface area contributed by atoms with Crippen LogP contribution in [0.5, 0.6) is 0 Å². The average molecular weight is 664 g/mol. The van der Waals surface area contributed by atoms with E-state index in [1.807, 2.05) is 38.1 Å². The van der Waals surface area contributed by atoms with Crippen molar-refractivity contribution in [2.75, 3.05) is 5.32 Å². The summed E-state index contributed by atoms with van der Waals surface area (Å²) in [5.41, 5.74) is 14.0. The normalized spacial score (nSPS) is 13.8. The molecule has 1 atom stereocenters. The van der Waals surface area contributed by atoms with Crippen LogP contribution in [0.2, 0.25) is 0 Å². The summed E-state index contributed by atoms with van der Waals surface area (Å²) in [6, 6.07) is 20.9. The number of anilines is 1. The number of allylic oxidation sites excluding steroid dienone is 3. The predicted octanol–water partition coefficient (Wildman–Crippen LogP) is 9.18. The van der Waals surface area contributed by atoms with Crippen LogP contribution in [0.3, 0.4) is 0 Å². The van der Waals surface area contributed by atoms with Gasteiger partial charge in [-0.25, -0.2) is 4.39 Å². The molecule has 1 unspecified atom stereocenters. The van der Waals surface area contributed by atoms with E-state index in [-0.39, 0.29) is 23.8 Å². The van der Waals surface area contributed by atoms with Crippen molar-refractivity contribution in [3.8, 4) is 6.07 Å². The molecule has 48 heavy (non-hydrogen) atoms. The van der Waals surface area contributed by atoms with Gasteiger partial charge in [-0.3, -0.25) is 10.2 Å². The van der Waals surface area contributed by atoms with E-state index in [1.54, 1.807) is 44.2 Å². The van der Waals surface area contributed by atoms with Gasteiger partial charge in [-0.15, -0.1) is 0 Å². The van der Waals surface area contributed by atoms with E-state index in [1.165, 1.54) is 25.0 Å². The maximum absolute atomic E-state index is 13.6. The zero-order valence-corrected chi connectivity index (χ0v) is 28.0. The SMILES string of the molecule is C=C(/C=C(\Nc1cccc(C(=N)N)c1)C(=O)CCC)C(F)(F)F.CC.Cc1cc(C(N)(CCC2CC2)c2cccc(C#N)c2)ccc1F. The summed E-state index contributed by atoms with van der Waals surface area (Å²) in [5.74, 6) is -0.0902. The van der Waals surface area contributed by atoms with Gasteiger partial charge in [0, 0.05) is 17.7 Å². The molecule has 0 bridgehead atoms. The number of carbonyl (C=O) groups excluding carboxylic acids is 1. The Balaban J connectivity index is 0.000000317. The van der Waals surface area contributed by atoms with Crippen LogP contribution >= 0.6 is 0 Å². The smallest absolute Gasteiger partial charge is 0.384 e. The number of Topliss-reactive ketones (excluding diaryl/α,β-unsaturated/α-hetero) is 1. The first-order chi connectivity index (χ1) is 22.7. The van der Waals surface area contributed by atoms with Gasteiger partial charge in [0.15, 0.2) is 5.78 Å². The summed E-state index contributed by atoms with van der Waals surface area (Å²) >= 11 is 0. The summed E-state index contributed by atoms with van der Waals surface area (Å²) in [5, 5.41) is 19.2. The third-order valence-electron chi connectivity index (χ3n) is 7.74. The van der Waals surface area contributed by atoms with Crippen LogP contribution in [0.1, 0.15) is 87.1 Å². The molecule has 0 aliphatic heterocycles. The molecule has 10 heteroatoms. The quantitative estimate of drug-likeness (QED) is 0.0505. The Morgan fingerprint density at radius 3 is 2.29 bits per heavy atom. The number of carbonyl (C=O) groups is 1. The molecule has 0 spiro atoms. The van der Waals surface area contributed by atoms with Gasteiger partial charge >= 0.3 is 6.18 Å². The Morgan fingerprint density at radius 1 is 1.08 bits per heavy atom. The molecule has 1 aliphatic rings. The molecule has 3 aromatic rings. The molecule has 4 rings (SSSR count). The minimum absolute atomic E-state index is 0.108. The summed E-state index contributed by atoms with van der Waals surface area (Å²) in [6.45, 7) is 10.5. The predicted molar refractivity (Wildman–Crippen MR) is 185 cm³/mol. The Kier molecular flexibility index (Phi) is 14.8. The van der Waals surface area contributed by atoms with Crippen molar-refractivity contribution in [3.63, 3.8) is 0 Å². The van der Waals surface area contributed by atoms with Crippen molar-refractivity contribution < 1.29 is 22.4 Å². The highest BCUT2D eigenvalue weighted by Crippen LogP contribution is 2.40. The highest BCUT2D eigenvalue weighted by atomic mass is 19.4. The van der Waals surface area contributed by atoms with Gasteiger partial charge in [0.05, 0.1) is 28.4 Å². The number of aryl methyl sites for hydroxylation is 1. The van der Waals surface area contributed by atoms with Crippen LogP contribution in [0.15, 0.2) is 90.7 Å². The van der Waals surface area contributed by atoms with Crippen LogP contribution in [0.25, 0.3) is 0 Å². The molecule has 0 radical (unpaired) electrons. The average Bonchev–Trinajstić information content (AvgIpc) is 3.90. The first-order valence-electron chi connectivity index (χ1n) is 16.0. The van der Waals surface area contributed by atoms with Crippen molar-refractivity contribution in [1.29, 1.82) is 10.7 Å². The van der Waals surface area contributed by atoms with Crippen molar-refractivity contribution in [3.05, 3.63) is 124 Å². The lowest BCUT2D eigenvalue weighted by molar-refractivity contribution is -0.115. The van der Waals surface area contributed by atoms with Gasteiger partial charge in [-0.05, 0) is 85.2 Å². The Bertz CT molecular complexity index is 1650. The second-order valence-electron chi connectivity index (χ2n) is 11.5. The number of alkyl halides is 3. The second kappa shape index (κ2) is 18.0. The first-order valence-corrected chi connectivity index (χ1v) is 16.0. The molecule has 0 heterocycles. The lowest BCUT2D eigenvalue weighted by atomic mass is 9.78. The Labute approximate surface area is 281 Å². The molecule has 1 fully saturated rings. The maximum Gasteiger partial charge on any atom is 0.415 e. The van der Waals surface area contributed by atoms with E-state index in [2.05, 4.69) is 18.0 Å². The Morgan fingerprint density at radius 2 is 1.73 bits per heavy atom. The topological polar surface area (TPSA) is 129 Å². The number of nitriles is 1. The maximum atomic E-state index is 13.6. The van der Waals surface area contributed by atoms with Gasteiger partial charge in [0.25, 0.3) is 0 Å². The number of nitrogens with one attached hydrogen (secondary N) is 2. The van der Waals surface area contributed by atoms with Crippen molar-refractivity contribution in [1.82, 2.24) is 0 Å². The number of hydrogen-bond donors (Lipinski definition) is 4. The molecule has 6 N–H and O–H groups in total. The van der Waals surface area contributed by atoms with Crippen LogP contribution in [0, 0.1) is 35.4 Å². The lowest BCUT2D eigenvalue weighted by Gasteiger charge is -2.31. The van der Waals surface area contributed by atoms with Crippen LogP contribution in [-0.4, -0.2) is 17.8 Å². The molecular weight excluding hydrogens is 618 g/mol. The zero-order chi connectivity index (χ0) is 36.1. The minimum atomic E-state index is -4.61. The number of amidine groups is 1. The van der Waals surface area contributed by atoms with Gasteiger partial charge in [0.2, 0.25) is 0 Å². The van der Waals surface area contributed by atoms with Gasteiger partial charge in [-0.2, -0.15) is 18.4 Å². The van der Waals surface area contributed by atoms with Crippen molar-refractivity contribution >= 4 is 17.3 Å². The van der Waals surface area contributed by atoms with E-state index in [0.29, 0.717) is 34.9 Å². The van der Waals surface area contributed by atoms with Crippen LogP contribution in [-0.2, 0) is 10.3 Å². The number of hydrogen-bond acceptors (Lipinski definition) is 5. The van der Waals surface area contributed by atoms with Crippen molar-refractivity contribution in [2.24, 2.45) is 17.4 Å². The number of nitrogens with zero attached hydrogens (tertiary/aromatic N) is 1. The van der Waals surface area contributed by atoms with E-state index in [4.69, 9.17) is 22.1 Å². The van der Waals surface area contributed by atoms with E-state index in [0.717, 1.165) is 29.9 Å². The Hall–Kier alpha value is -4.75. The van der Waals surface area contributed by atoms with E-state index in [9.17, 15) is 22.4 Å². The molecule has 1 saturated carbocycles. The minimum Gasteiger partial charge on any atom is -0.384 e. The largest absolute Gasteiger partial charge is 0.415 e. The number of halogens is 4. The molecule has 3 aromatic carbocycles. The number of benzene rings is 3. The fraction of sp³-hybridized carbons (Fsp3) is 0.342. The molecule has 1 aliphatic carbocycles. The van der Waals surface area contributed by atoms with Crippen molar-refractivity contribution in [2.45, 2.75) is 77.9 Å². The second-order valence-corrected chi connectivity index (χ2v) is 11.5. The molecule has 6 nitrogen and oxygen atoms in total.